The van der Waals surface area contributed by atoms with Gasteiger partial charge in [0.2, 0.25) is 0 Å². The van der Waals surface area contributed by atoms with Gasteiger partial charge in [-0.1, -0.05) is 18.2 Å². The molecule has 2 aliphatic rings. The van der Waals surface area contributed by atoms with Crippen molar-refractivity contribution in [3.63, 3.8) is 0 Å². The molecule has 0 atom stereocenters. The van der Waals surface area contributed by atoms with Crippen molar-refractivity contribution in [2.45, 2.75) is 38.4 Å². The van der Waals surface area contributed by atoms with Gasteiger partial charge in [-0.15, -0.1) is 0 Å². The van der Waals surface area contributed by atoms with E-state index in [2.05, 4.69) is 28.5 Å². The van der Waals surface area contributed by atoms with Crippen molar-refractivity contribution < 1.29 is 13.2 Å². The van der Waals surface area contributed by atoms with Gasteiger partial charge in [0, 0.05) is 26.7 Å². The van der Waals surface area contributed by atoms with Crippen LogP contribution in [0.5, 0.6) is 0 Å². The molecule has 0 amide bonds. The molecule has 1 aromatic rings. The normalized spacial score (nSPS) is 22.3. The van der Waals surface area contributed by atoms with Crippen LogP contribution in [0.4, 0.5) is 0 Å². The standard InChI is InChI=1S/C17H25N3O3S/c1-17(2)12-20(6-7-24(17,21)22)16(18-3)19-9-13-4-5-14-10-23-11-15(14)8-13/h4-5,8H,6-7,9-12H2,1-3H3,(H,18,19). The quantitative estimate of drug-likeness (QED) is 0.642. The highest BCUT2D eigenvalue weighted by molar-refractivity contribution is 7.92. The first kappa shape index (κ1) is 17.2. The zero-order valence-electron chi connectivity index (χ0n) is 14.5. The van der Waals surface area contributed by atoms with Gasteiger partial charge in [0.15, 0.2) is 15.8 Å². The molecule has 6 nitrogen and oxygen atoms in total. The van der Waals surface area contributed by atoms with Crippen LogP contribution in [0.3, 0.4) is 0 Å². The van der Waals surface area contributed by atoms with Crippen LogP contribution in [0.25, 0.3) is 0 Å². The second-order valence-electron chi connectivity index (χ2n) is 7.00. The minimum absolute atomic E-state index is 0.164. The molecule has 2 heterocycles. The van der Waals surface area contributed by atoms with Gasteiger partial charge in [-0.25, -0.2) is 8.42 Å². The first-order chi connectivity index (χ1) is 11.3. The van der Waals surface area contributed by atoms with Crippen LogP contribution in [-0.2, 0) is 34.3 Å². The summed E-state index contributed by atoms with van der Waals surface area (Å²) in [7, 11) is -1.32. The van der Waals surface area contributed by atoms with Gasteiger partial charge < -0.3 is 15.0 Å². The van der Waals surface area contributed by atoms with E-state index in [1.807, 2.05) is 4.90 Å². The highest BCUT2D eigenvalue weighted by Gasteiger charge is 2.40. The van der Waals surface area contributed by atoms with E-state index in [0.29, 0.717) is 32.8 Å². The fraction of sp³-hybridized carbons (Fsp3) is 0.588. The third-order valence-corrected chi connectivity index (χ3v) is 7.32. The zero-order chi connectivity index (χ0) is 17.4. The van der Waals surface area contributed by atoms with Crippen LogP contribution >= 0.6 is 0 Å². The predicted octanol–water partition coefficient (Wildman–Crippen LogP) is 1.30. The number of guanidine groups is 1. The Bertz CT molecular complexity index is 756. The van der Waals surface area contributed by atoms with Crippen LogP contribution in [0.15, 0.2) is 23.2 Å². The summed E-state index contributed by atoms with van der Waals surface area (Å²) in [4.78, 5) is 6.35. The van der Waals surface area contributed by atoms with Crippen molar-refractivity contribution in [1.82, 2.24) is 10.2 Å². The summed E-state index contributed by atoms with van der Waals surface area (Å²) in [6.07, 6.45) is 0. The Kier molecular flexibility index (Phi) is 4.57. The molecule has 0 unspecified atom stereocenters. The lowest BCUT2D eigenvalue weighted by Crippen LogP contribution is -2.57. The molecule has 1 saturated heterocycles. The second kappa shape index (κ2) is 6.37. The van der Waals surface area contributed by atoms with E-state index in [-0.39, 0.29) is 5.75 Å². The van der Waals surface area contributed by atoms with Gasteiger partial charge in [-0.2, -0.15) is 0 Å². The summed E-state index contributed by atoms with van der Waals surface area (Å²) >= 11 is 0. The molecule has 2 aliphatic heterocycles. The molecule has 0 spiro atoms. The molecule has 24 heavy (non-hydrogen) atoms. The molecule has 132 valence electrons. The summed E-state index contributed by atoms with van der Waals surface area (Å²) < 4.78 is 29.0. The fourth-order valence-corrected chi connectivity index (χ4v) is 4.54. The lowest BCUT2D eigenvalue weighted by molar-refractivity contribution is 0.134. The van der Waals surface area contributed by atoms with Crippen molar-refractivity contribution >= 4 is 15.8 Å². The van der Waals surface area contributed by atoms with Gasteiger partial charge >= 0.3 is 0 Å². The number of sulfone groups is 1. The smallest absolute Gasteiger partial charge is 0.193 e. The topological polar surface area (TPSA) is 71.0 Å². The molecule has 0 saturated carbocycles. The summed E-state index contributed by atoms with van der Waals surface area (Å²) in [5.74, 6) is 0.909. The van der Waals surface area contributed by atoms with E-state index in [1.54, 1.807) is 20.9 Å². The number of fused-ring (bicyclic) bond motifs is 1. The van der Waals surface area contributed by atoms with Crippen LogP contribution < -0.4 is 5.32 Å². The molecular formula is C17H25N3O3S. The molecule has 0 aliphatic carbocycles. The Balaban J connectivity index is 1.66. The van der Waals surface area contributed by atoms with Gasteiger partial charge in [-0.05, 0) is 30.5 Å². The summed E-state index contributed by atoms with van der Waals surface area (Å²) in [6, 6.07) is 6.37. The number of hydrogen-bond acceptors (Lipinski definition) is 4. The monoisotopic (exact) mass is 351 g/mol. The van der Waals surface area contributed by atoms with E-state index < -0.39 is 14.6 Å². The number of aliphatic imine (C=N–C) groups is 1. The van der Waals surface area contributed by atoms with Crippen LogP contribution in [-0.4, -0.2) is 49.9 Å². The Labute approximate surface area is 143 Å². The molecule has 7 heteroatoms. The minimum Gasteiger partial charge on any atom is -0.372 e. The molecule has 0 aromatic heterocycles. The van der Waals surface area contributed by atoms with Crippen molar-refractivity contribution in [1.29, 1.82) is 0 Å². The van der Waals surface area contributed by atoms with Crippen LogP contribution in [0.1, 0.15) is 30.5 Å². The molecule has 1 fully saturated rings. The maximum atomic E-state index is 12.1. The highest BCUT2D eigenvalue weighted by Crippen LogP contribution is 2.24. The third-order valence-electron chi connectivity index (χ3n) is 4.79. The Morgan fingerprint density at radius 2 is 2.08 bits per heavy atom. The van der Waals surface area contributed by atoms with Crippen molar-refractivity contribution in [3.8, 4) is 0 Å². The molecular weight excluding hydrogens is 326 g/mol. The first-order valence-electron chi connectivity index (χ1n) is 8.19. The number of hydrogen-bond donors (Lipinski definition) is 1. The van der Waals surface area contributed by atoms with E-state index in [0.717, 1.165) is 5.96 Å². The maximum Gasteiger partial charge on any atom is 0.193 e. The predicted molar refractivity (Wildman–Crippen MR) is 94.6 cm³/mol. The molecule has 0 radical (unpaired) electrons. The van der Waals surface area contributed by atoms with Gasteiger partial charge in [0.25, 0.3) is 0 Å². The number of benzene rings is 1. The largest absolute Gasteiger partial charge is 0.372 e. The average molecular weight is 351 g/mol. The zero-order valence-corrected chi connectivity index (χ0v) is 15.3. The Hall–Kier alpha value is -1.60. The van der Waals surface area contributed by atoms with Crippen LogP contribution in [0, 0.1) is 0 Å². The summed E-state index contributed by atoms with van der Waals surface area (Å²) in [5, 5.41) is 3.35. The van der Waals surface area contributed by atoms with E-state index in [9.17, 15) is 8.42 Å². The number of nitrogens with one attached hydrogen (secondary N) is 1. The van der Waals surface area contributed by atoms with Crippen LogP contribution in [0.2, 0.25) is 0 Å². The number of nitrogens with zero attached hydrogens (tertiary/aromatic N) is 2. The lowest BCUT2D eigenvalue weighted by atomic mass is 10.1. The first-order valence-corrected chi connectivity index (χ1v) is 9.84. The van der Waals surface area contributed by atoms with E-state index in [4.69, 9.17) is 4.74 Å². The molecule has 1 N–H and O–H groups in total. The lowest BCUT2D eigenvalue weighted by Gasteiger charge is -2.39. The van der Waals surface area contributed by atoms with Gasteiger partial charge in [0.1, 0.15) is 0 Å². The molecule has 3 rings (SSSR count). The van der Waals surface area contributed by atoms with Crippen molar-refractivity contribution in [2.75, 3.05) is 25.9 Å². The SMILES string of the molecule is CN=C(NCc1ccc2c(c1)COC2)N1CCS(=O)(=O)C(C)(C)C1. The third kappa shape index (κ3) is 3.28. The minimum atomic E-state index is -3.05. The Morgan fingerprint density at radius 1 is 1.33 bits per heavy atom. The summed E-state index contributed by atoms with van der Waals surface area (Å²) in [5.41, 5.74) is 3.67. The fourth-order valence-electron chi connectivity index (χ4n) is 3.17. The number of rotatable bonds is 2. The molecule has 1 aromatic carbocycles. The van der Waals surface area contributed by atoms with Crippen molar-refractivity contribution in [2.24, 2.45) is 4.99 Å². The van der Waals surface area contributed by atoms with Gasteiger partial charge in [-0.3, -0.25) is 4.99 Å². The second-order valence-corrected chi connectivity index (χ2v) is 9.74. The Morgan fingerprint density at radius 3 is 2.79 bits per heavy atom. The highest BCUT2D eigenvalue weighted by atomic mass is 32.2. The maximum absolute atomic E-state index is 12.1. The van der Waals surface area contributed by atoms with Crippen molar-refractivity contribution in [3.05, 3.63) is 34.9 Å². The van der Waals surface area contributed by atoms with E-state index in [1.165, 1.54) is 16.7 Å². The molecule has 0 bridgehead atoms. The number of ether oxygens (including phenoxy) is 1. The van der Waals surface area contributed by atoms with E-state index >= 15 is 0 Å². The van der Waals surface area contributed by atoms with Gasteiger partial charge in [0.05, 0.1) is 23.7 Å². The summed E-state index contributed by atoms with van der Waals surface area (Å²) in [6.45, 7) is 6.52. The average Bonchev–Trinajstić information content (AvgIpc) is 2.99.